The highest BCUT2D eigenvalue weighted by Gasteiger charge is 2.23. The topological polar surface area (TPSA) is 79.4 Å². The minimum atomic E-state index is -0.254. The van der Waals surface area contributed by atoms with Crippen LogP contribution in [0.25, 0.3) is 11.4 Å². The van der Waals surface area contributed by atoms with Gasteiger partial charge >= 0.3 is 5.97 Å². The average molecular weight is 351 g/mol. The van der Waals surface area contributed by atoms with Crippen LogP contribution in [0.2, 0.25) is 0 Å². The molecule has 3 heterocycles. The van der Waals surface area contributed by atoms with Crippen LogP contribution in [0.4, 0.5) is 0 Å². The molecule has 0 bridgehead atoms. The molecule has 3 rings (SSSR count). The van der Waals surface area contributed by atoms with Crippen molar-refractivity contribution < 1.29 is 18.7 Å². The van der Waals surface area contributed by atoms with E-state index in [-0.39, 0.29) is 17.8 Å². The third kappa shape index (κ3) is 3.81. The lowest BCUT2D eigenvalue weighted by atomic mass is 10.2. The number of esters is 1. The Morgan fingerprint density at radius 3 is 3.04 bits per heavy atom. The predicted molar refractivity (Wildman–Crippen MR) is 88.8 cm³/mol. The number of thioether (sulfide) groups is 1. The molecule has 0 aromatic carbocycles. The zero-order valence-electron chi connectivity index (χ0n) is 13.9. The van der Waals surface area contributed by atoms with Crippen LogP contribution >= 0.6 is 11.8 Å². The number of aryl methyl sites for hydroxylation is 1. The van der Waals surface area contributed by atoms with Crippen LogP contribution in [0.15, 0.2) is 21.9 Å². The van der Waals surface area contributed by atoms with Crippen molar-refractivity contribution in [3.8, 4) is 11.4 Å². The summed E-state index contributed by atoms with van der Waals surface area (Å²) in [5.74, 6) is 1.48. The first-order valence-corrected chi connectivity index (χ1v) is 9.05. The van der Waals surface area contributed by atoms with Crippen molar-refractivity contribution >= 4 is 17.7 Å². The third-order valence-electron chi connectivity index (χ3n) is 3.85. The van der Waals surface area contributed by atoms with Crippen LogP contribution in [0, 0.1) is 6.92 Å². The summed E-state index contributed by atoms with van der Waals surface area (Å²) in [7, 11) is 0. The van der Waals surface area contributed by atoms with Crippen LogP contribution < -0.4 is 0 Å². The van der Waals surface area contributed by atoms with E-state index in [9.17, 15) is 4.79 Å². The van der Waals surface area contributed by atoms with Crippen molar-refractivity contribution in [2.24, 2.45) is 0 Å². The maximum atomic E-state index is 11.6. The Hall–Kier alpha value is -1.80. The van der Waals surface area contributed by atoms with Gasteiger partial charge in [0.2, 0.25) is 0 Å². The van der Waals surface area contributed by atoms with E-state index < -0.39 is 0 Å². The Balaban J connectivity index is 1.83. The molecule has 0 saturated carbocycles. The number of furan rings is 1. The summed E-state index contributed by atoms with van der Waals surface area (Å²) in [6.07, 6.45) is 3.87. The van der Waals surface area contributed by atoms with Crippen molar-refractivity contribution in [3.63, 3.8) is 0 Å². The maximum absolute atomic E-state index is 11.6. The monoisotopic (exact) mass is 351 g/mol. The largest absolute Gasteiger partial charge is 0.469 e. The Morgan fingerprint density at radius 2 is 2.38 bits per heavy atom. The lowest BCUT2D eigenvalue weighted by Gasteiger charge is -2.14. The van der Waals surface area contributed by atoms with Gasteiger partial charge in [-0.25, -0.2) is 0 Å². The fourth-order valence-electron chi connectivity index (χ4n) is 2.69. The van der Waals surface area contributed by atoms with Gasteiger partial charge in [0, 0.05) is 6.61 Å². The number of hydrogen-bond acceptors (Lipinski definition) is 7. The third-order valence-corrected chi connectivity index (χ3v) is 4.79. The molecule has 1 unspecified atom stereocenters. The lowest BCUT2D eigenvalue weighted by molar-refractivity contribution is -0.139. The Morgan fingerprint density at radius 1 is 1.50 bits per heavy atom. The first kappa shape index (κ1) is 17.0. The summed E-state index contributed by atoms with van der Waals surface area (Å²) in [6.45, 7) is 5.52. The van der Waals surface area contributed by atoms with E-state index in [1.54, 1.807) is 13.2 Å². The number of nitrogens with zero attached hydrogens (tertiary/aromatic N) is 3. The molecule has 130 valence electrons. The summed E-state index contributed by atoms with van der Waals surface area (Å²) in [4.78, 5) is 11.6. The van der Waals surface area contributed by atoms with Gasteiger partial charge in [-0.05, 0) is 32.8 Å². The highest BCUT2D eigenvalue weighted by molar-refractivity contribution is 7.99. The summed E-state index contributed by atoms with van der Waals surface area (Å²) in [5, 5.41) is 9.26. The second-order valence-corrected chi connectivity index (χ2v) is 6.48. The van der Waals surface area contributed by atoms with E-state index in [0.29, 0.717) is 18.3 Å². The molecule has 0 amide bonds. The normalized spacial score (nSPS) is 17.3. The SMILES string of the molecule is CCOC(=O)CSc1nnc(-c2ccoc2C)n1CC1CCCO1. The molecular formula is C16H21N3O4S. The fourth-order valence-corrected chi connectivity index (χ4v) is 3.44. The first-order valence-electron chi connectivity index (χ1n) is 8.06. The van der Waals surface area contributed by atoms with Gasteiger partial charge in [0.1, 0.15) is 5.76 Å². The van der Waals surface area contributed by atoms with E-state index in [2.05, 4.69) is 10.2 Å². The minimum Gasteiger partial charge on any atom is -0.469 e. The zero-order valence-corrected chi connectivity index (χ0v) is 14.7. The van der Waals surface area contributed by atoms with Crippen molar-refractivity contribution in [3.05, 3.63) is 18.1 Å². The molecule has 0 aliphatic carbocycles. The highest BCUT2D eigenvalue weighted by Crippen LogP contribution is 2.28. The van der Waals surface area contributed by atoms with Gasteiger partial charge in [0.15, 0.2) is 11.0 Å². The van der Waals surface area contributed by atoms with E-state index in [0.717, 1.165) is 36.6 Å². The lowest BCUT2D eigenvalue weighted by Crippen LogP contribution is -2.17. The second-order valence-electron chi connectivity index (χ2n) is 5.54. The van der Waals surface area contributed by atoms with Gasteiger partial charge in [0.05, 0.1) is 36.8 Å². The molecule has 0 N–H and O–H groups in total. The average Bonchev–Trinajstić information content (AvgIpc) is 3.28. The van der Waals surface area contributed by atoms with Gasteiger partial charge < -0.3 is 13.9 Å². The molecule has 1 aliphatic rings. The molecule has 1 atom stereocenters. The summed E-state index contributed by atoms with van der Waals surface area (Å²) in [6, 6.07) is 1.88. The molecule has 2 aromatic rings. The van der Waals surface area contributed by atoms with Crippen LogP contribution in [-0.4, -0.2) is 45.8 Å². The van der Waals surface area contributed by atoms with Gasteiger partial charge in [-0.1, -0.05) is 11.8 Å². The van der Waals surface area contributed by atoms with Crippen LogP contribution in [0.5, 0.6) is 0 Å². The summed E-state index contributed by atoms with van der Waals surface area (Å²) in [5.41, 5.74) is 0.906. The molecule has 0 radical (unpaired) electrons. The van der Waals surface area contributed by atoms with E-state index >= 15 is 0 Å². The first-order chi connectivity index (χ1) is 11.7. The quantitative estimate of drug-likeness (QED) is 0.560. The number of hydrogen-bond donors (Lipinski definition) is 0. The van der Waals surface area contributed by atoms with Crippen LogP contribution in [-0.2, 0) is 20.8 Å². The van der Waals surface area contributed by atoms with Gasteiger partial charge in [-0.2, -0.15) is 0 Å². The Kier molecular flexibility index (Phi) is 5.57. The molecule has 1 saturated heterocycles. The van der Waals surface area contributed by atoms with Crippen molar-refractivity contribution in [1.29, 1.82) is 0 Å². The van der Waals surface area contributed by atoms with Gasteiger partial charge in [-0.15, -0.1) is 10.2 Å². The predicted octanol–water partition coefficient (Wildman–Crippen LogP) is 2.68. The molecule has 7 nitrogen and oxygen atoms in total. The Labute approximate surface area is 144 Å². The summed E-state index contributed by atoms with van der Waals surface area (Å²) < 4.78 is 18.1. The number of carbonyl (C=O) groups excluding carboxylic acids is 1. The van der Waals surface area contributed by atoms with Crippen molar-refractivity contribution in [2.75, 3.05) is 19.0 Å². The fraction of sp³-hybridized carbons (Fsp3) is 0.562. The number of rotatable bonds is 7. The smallest absolute Gasteiger partial charge is 0.316 e. The van der Waals surface area contributed by atoms with Crippen LogP contribution in [0.1, 0.15) is 25.5 Å². The van der Waals surface area contributed by atoms with Crippen molar-refractivity contribution in [1.82, 2.24) is 14.8 Å². The van der Waals surface area contributed by atoms with Crippen molar-refractivity contribution in [2.45, 2.75) is 44.5 Å². The molecule has 24 heavy (non-hydrogen) atoms. The molecule has 1 fully saturated rings. The maximum Gasteiger partial charge on any atom is 0.316 e. The zero-order chi connectivity index (χ0) is 16.9. The van der Waals surface area contributed by atoms with Crippen LogP contribution in [0.3, 0.4) is 0 Å². The highest BCUT2D eigenvalue weighted by atomic mass is 32.2. The van der Waals surface area contributed by atoms with E-state index in [1.807, 2.05) is 17.6 Å². The number of aromatic nitrogens is 3. The second kappa shape index (κ2) is 7.85. The minimum absolute atomic E-state index is 0.147. The molecular weight excluding hydrogens is 330 g/mol. The van der Waals surface area contributed by atoms with Gasteiger partial charge in [-0.3, -0.25) is 9.36 Å². The number of carbonyl (C=O) groups is 1. The van der Waals surface area contributed by atoms with E-state index in [4.69, 9.17) is 13.9 Å². The summed E-state index contributed by atoms with van der Waals surface area (Å²) >= 11 is 1.33. The molecule has 2 aromatic heterocycles. The Bertz CT molecular complexity index is 691. The van der Waals surface area contributed by atoms with E-state index in [1.165, 1.54) is 11.8 Å². The standard InChI is InChI=1S/C16H21N3O4S/c1-3-21-14(20)10-24-16-18-17-15(13-6-8-22-11(13)2)19(16)9-12-5-4-7-23-12/h6,8,12H,3-5,7,9-10H2,1-2H3. The number of ether oxygens (including phenoxy) is 2. The molecule has 8 heteroatoms. The molecule has 1 aliphatic heterocycles. The van der Waals surface area contributed by atoms with Gasteiger partial charge in [0.25, 0.3) is 0 Å². The molecule has 0 spiro atoms.